The van der Waals surface area contributed by atoms with Gasteiger partial charge in [-0.15, -0.1) is 0 Å². The maximum Gasteiger partial charge on any atom is 0.237 e. The number of amides is 1. The molecule has 0 spiro atoms. The zero-order valence-electron chi connectivity index (χ0n) is 10.8. The number of piperazine rings is 1. The molecule has 5 heteroatoms. The van der Waals surface area contributed by atoms with Crippen LogP contribution in [0.4, 0.5) is 5.69 Å². The summed E-state index contributed by atoms with van der Waals surface area (Å²) in [4.78, 5) is 13.7. The largest absolute Gasteiger partial charge is 0.497 e. The number of methoxy groups -OCH3 is 1. The Hall–Kier alpha value is -1.75. The Morgan fingerprint density at radius 3 is 3.00 bits per heavy atom. The Labute approximate surface area is 107 Å². The smallest absolute Gasteiger partial charge is 0.237 e. The molecule has 1 unspecified atom stereocenters. The van der Waals surface area contributed by atoms with E-state index in [1.165, 1.54) is 0 Å². The summed E-state index contributed by atoms with van der Waals surface area (Å²) in [7, 11) is 1.62. The third-order valence-electron chi connectivity index (χ3n) is 3.24. The lowest BCUT2D eigenvalue weighted by molar-refractivity contribution is -0.128. The predicted octanol–water partition coefficient (Wildman–Crippen LogP) is 0.598. The monoisotopic (exact) mass is 249 g/mol. The van der Waals surface area contributed by atoms with Crippen LogP contribution in [0.5, 0.6) is 5.75 Å². The summed E-state index contributed by atoms with van der Waals surface area (Å²) in [5.74, 6) is 0.830. The number of nitrogen functional groups attached to an aromatic ring is 1. The summed E-state index contributed by atoms with van der Waals surface area (Å²) < 4.78 is 5.20. The Kier molecular flexibility index (Phi) is 3.72. The summed E-state index contributed by atoms with van der Waals surface area (Å²) in [5.41, 5.74) is 7.57. The summed E-state index contributed by atoms with van der Waals surface area (Å²) in [6.07, 6.45) is 0. The molecule has 18 heavy (non-hydrogen) atoms. The van der Waals surface area contributed by atoms with E-state index in [9.17, 15) is 4.79 Å². The average Bonchev–Trinajstić information content (AvgIpc) is 2.34. The number of nitrogens with zero attached hydrogens (tertiary/aromatic N) is 1. The van der Waals surface area contributed by atoms with Crippen molar-refractivity contribution in [2.75, 3.05) is 25.9 Å². The van der Waals surface area contributed by atoms with Crippen LogP contribution in [0.15, 0.2) is 18.2 Å². The topological polar surface area (TPSA) is 67.6 Å². The van der Waals surface area contributed by atoms with E-state index in [1.54, 1.807) is 13.2 Å². The first-order valence-electron chi connectivity index (χ1n) is 6.05. The van der Waals surface area contributed by atoms with Gasteiger partial charge in [0.15, 0.2) is 0 Å². The molecule has 1 aromatic carbocycles. The van der Waals surface area contributed by atoms with Crippen LogP contribution in [0.1, 0.15) is 12.5 Å². The number of anilines is 1. The number of ether oxygens (including phenoxy) is 1. The zero-order valence-corrected chi connectivity index (χ0v) is 10.8. The number of benzene rings is 1. The van der Waals surface area contributed by atoms with Crippen LogP contribution < -0.4 is 15.8 Å². The van der Waals surface area contributed by atoms with Crippen molar-refractivity contribution in [1.82, 2.24) is 10.2 Å². The van der Waals surface area contributed by atoms with Crippen LogP contribution >= 0.6 is 0 Å². The van der Waals surface area contributed by atoms with Crippen LogP contribution in [0, 0.1) is 0 Å². The van der Waals surface area contributed by atoms with E-state index < -0.39 is 0 Å². The SMILES string of the molecule is COc1cc(N)cc(CN2CCNC(=O)C2C)c1. The molecule has 1 aromatic rings. The van der Waals surface area contributed by atoms with Crippen molar-refractivity contribution in [1.29, 1.82) is 0 Å². The van der Waals surface area contributed by atoms with E-state index in [2.05, 4.69) is 10.2 Å². The first-order valence-corrected chi connectivity index (χ1v) is 6.05. The third-order valence-corrected chi connectivity index (χ3v) is 3.24. The first kappa shape index (κ1) is 12.7. The lowest BCUT2D eigenvalue weighted by Crippen LogP contribution is -2.53. The van der Waals surface area contributed by atoms with Gasteiger partial charge in [-0.05, 0) is 24.6 Å². The fourth-order valence-electron chi connectivity index (χ4n) is 2.18. The highest BCUT2D eigenvalue weighted by Gasteiger charge is 2.25. The highest BCUT2D eigenvalue weighted by molar-refractivity contribution is 5.82. The number of hydrogen-bond acceptors (Lipinski definition) is 4. The normalized spacial score (nSPS) is 20.6. The van der Waals surface area contributed by atoms with Gasteiger partial charge in [-0.3, -0.25) is 9.69 Å². The van der Waals surface area contributed by atoms with Crippen molar-refractivity contribution in [3.8, 4) is 5.75 Å². The summed E-state index contributed by atoms with van der Waals surface area (Å²) in [5, 5.41) is 2.85. The molecule has 1 fully saturated rings. The molecule has 0 aromatic heterocycles. The minimum atomic E-state index is -0.105. The molecule has 0 bridgehead atoms. The summed E-state index contributed by atoms with van der Waals surface area (Å²) in [6, 6.07) is 5.55. The highest BCUT2D eigenvalue weighted by Crippen LogP contribution is 2.20. The maximum atomic E-state index is 11.6. The Morgan fingerprint density at radius 2 is 2.28 bits per heavy atom. The van der Waals surface area contributed by atoms with E-state index in [0.717, 1.165) is 17.9 Å². The molecule has 98 valence electrons. The number of carbonyl (C=O) groups is 1. The molecule has 0 aliphatic carbocycles. The average molecular weight is 249 g/mol. The van der Waals surface area contributed by atoms with Crippen molar-refractivity contribution in [2.24, 2.45) is 0 Å². The second-order valence-electron chi connectivity index (χ2n) is 4.55. The molecule has 2 rings (SSSR count). The van der Waals surface area contributed by atoms with Crippen LogP contribution in [-0.4, -0.2) is 37.0 Å². The number of nitrogens with one attached hydrogen (secondary N) is 1. The second-order valence-corrected chi connectivity index (χ2v) is 4.55. The minimum absolute atomic E-state index is 0.0807. The highest BCUT2D eigenvalue weighted by atomic mass is 16.5. The number of nitrogens with two attached hydrogens (primary N) is 1. The van der Waals surface area contributed by atoms with E-state index in [1.807, 2.05) is 19.1 Å². The molecule has 5 nitrogen and oxygen atoms in total. The number of carbonyl (C=O) groups excluding carboxylic acids is 1. The van der Waals surface area contributed by atoms with E-state index in [4.69, 9.17) is 10.5 Å². The first-order chi connectivity index (χ1) is 8.60. The number of rotatable bonds is 3. The van der Waals surface area contributed by atoms with Gasteiger partial charge in [-0.2, -0.15) is 0 Å². The van der Waals surface area contributed by atoms with Gasteiger partial charge in [0.1, 0.15) is 5.75 Å². The van der Waals surface area contributed by atoms with Crippen LogP contribution in [0.25, 0.3) is 0 Å². The van der Waals surface area contributed by atoms with E-state index >= 15 is 0 Å². The van der Waals surface area contributed by atoms with Gasteiger partial charge >= 0.3 is 0 Å². The fourth-order valence-corrected chi connectivity index (χ4v) is 2.18. The molecule has 1 heterocycles. The second kappa shape index (κ2) is 5.27. The molecule has 1 amide bonds. The molecular weight excluding hydrogens is 230 g/mol. The molecule has 1 aliphatic rings. The van der Waals surface area contributed by atoms with Crippen molar-refractivity contribution in [2.45, 2.75) is 19.5 Å². The maximum absolute atomic E-state index is 11.6. The fraction of sp³-hybridized carbons (Fsp3) is 0.462. The van der Waals surface area contributed by atoms with Gasteiger partial charge in [0, 0.05) is 31.4 Å². The lowest BCUT2D eigenvalue weighted by atomic mass is 10.1. The predicted molar refractivity (Wildman–Crippen MR) is 70.3 cm³/mol. The molecule has 1 aliphatic heterocycles. The summed E-state index contributed by atoms with van der Waals surface area (Å²) in [6.45, 7) is 4.17. The Balaban J connectivity index is 2.13. The molecular formula is C13H19N3O2. The molecule has 1 saturated heterocycles. The number of hydrogen-bond donors (Lipinski definition) is 2. The van der Waals surface area contributed by atoms with Gasteiger partial charge in [-0.25, -0.2) is 0 Å². The molecule has 3 N–H and O–H groups in total. The van der Waals surface area contributed by atoms with Crippen molar-refractivity contribution in [3.63, 3.8) is 0 Å². The van der Waals surface area contributed by atoms with Crippen molar-refractivity contribution >= 4 is 11.6 Å². The standard InChI is InChI=1S/C13H19N3O2/c1-9-13(17)15-3-4-16(9)8-10-5-11(14)7-12(6-10)18-2/h5-7,9H,3-4,8,14H2,1-2H3,(H,15,17). The van der Waals surface area contributed by atoms with E-state index in [0.29, 0.717) is 18.8 Å². The van der Waals surface area contributed by atoms with Gasteiger partial charge in [0.25, 0.3) is 0 Å². The van der Waals surface area contributed by atoms with Crippen LogP contribution in [0.3, 0.4) is 0 Å². The van der Waals surface area contributed by atoms with Gasteiger partial charge < -0.3 is 15.8 Å². The quantitative estimate of drug-likeness (QED) is 0.770. The molecule has 0 radical (unpaired) electrons. The third kappa shape index (κ3) is 2.73. The molecule has 0 saturated carbocycles. The van der Waals surface area contributed by atoms with E-state index in [-0.39, 0.29) is 11.9 Å². The zero-order chi connectivity index (χ0) is 13.1. The van der Waals surface area contributed by atoms with Gasteiger partial charge in [0.2, 0.25) is 5.91 Å². The minimum Gasteiger partial charge on any atom is -0.497 e. The summed E-state index contributed by atoms with van der Waals surface area (Å²) >= 11 is 0. The van der Waals surface area contributed by atoms with Crippen molar-refractivity contribution in [3.05, 3.63) is 23.8 Å². The Bertz CT molecular complexity index is 448. The van der Waals surface area contributed by atoms with Crippen LogP contribution in [-0.2, 0) is 11.3 Å². The lowest BCUT2D eigenvalue weighted by Gasteiger charge is -2.32. The van der Waals surface area contributed by atoms with Gasteiger partial charge in [-0.1, -0.05) is 0 Å². The van der Waals surface area contributed by atoms with Crippen LogP contribution in [0.2, 0.25) is 0 Å². The van der Waals surface area contributed by atoms with Crippen molar-refractivity contribution < 1.29 is 9.53 Å². The van der Waals surface area contributed by atoms with Gasteiger partial charge in [0.05, 0.1) is 13.2 Å². The Morgan fingerprint density at radius 1 is 1.50 bits per heavy atom. The molecule has 1 atom stereocenters.